The average molecular weight is 241 g/mol. The monoisotopic (exact) mass is 240 g/mol. The van der Waals surface area contributed by atoms with Crippen LogP contribution in [-0.4, -0.2) is 6.29 Å². The van der Waals surface area contributed by atoms with Gasteiger partial charge in [0.2, 0.25) is 0 Å². The summed E-state index contributed by atoms with van der Waals surface area (Å²) >= 11 is 3.41. The van der Waals surface area contributed by atoms with Crippen LogP contribution in [0.4, 0.5) is 0 Å². The Kier molecular flexibility index (Phi) is 3.67. The second-order valence-corrected chi connectivity index (χ2v) is 3.87. The van der Waals surface area contributed by atoms with Gasteiger partial charge in [0.15, 0.2) is 0 Å². The molecule has 0 spiro atoms. The van der Waals surface area contributed by atoms with Crippen LogP contribution in [0.1, 0.15) is 29.5 Å². The quantitative estimate of drug-likeness (QED) is 0.586. The molecular weight excluding hydrogens is 228 g/mol. The van der Waals surface area contributed by atoms with Gasteiger partial charge < -0.3 is 4.79 Å². The van der Waals surface area contributed by atoms with Crippen LogP contribution in [0.3, 0.4) is 0 Å². The molecule has 0 saturated heterocycles. The maximum absolute atomic E-state index is 10.6. The summed E-state index contributed by atoms with van der Waals surface area (Å²) in [5, 5.41) is 0.841. The van der Waals surface area contributed by atoms with Crippen molar-refractivity contribution in [2.24, 2.45) is 0 Å². The standard InChI is InChI=1S/C11H13BrO/c1-8-3-10(6-12)5-11(4-8)9(2)7-13/h3-5,7,9H,6H2,1-2H3. The molecule has 1 aromatic carbocycles. The van der Waals surface area contributed by atoms with Crippen LogP contribution in [0, 0.1) is 6.92 Å². The zero-order valence-corrected chi connectivity index (χ0v) is 9.47. The highest BCUT2D eigenvalue weighted by Crippen LogP contribution is 2.18. The number of hydrogen-bond acceptors (Lipinski definition) is 1. The molecule has 70 valence electrons. The molecular formula is C11H13BrO. The van der Waals surface area contributed by atoms with E-state index in [1.54, 1.807) is 0 Å². The molecule has 0 heterocycles. The molecule has 1 nitrogen and oxygen atoms in total. The molecule has 0 saturated carbocycles. The third-order valence-electron chi connectivity index (χ3n) is 2.04. The second-order valence-electron chi connectivity index (χ2n) is 3.31. The highest BCUT2D eigenvalue weighted by molar-refractivity contribution is 9.08. The van der Waals surface area contributed by atoms with Crippen molar-refractivity contribution in [3.05, 3.63) is 34.9 Å². The molecule has 0 radical (unpaired) electrons. The van der Waals surface area contributed by atoms with E-state index in [4.69, 9.17) is 0 Å². The topological polar surface area (TPSA) is 17.1 Å². The Balaban J connectivity index is 3.07. The van der Waals surface area contributed by atoms with Gasteiger partial charge >= 0.3 is 0 Å². The fourth-order valence-corrected chi connectivity index (χ4v) is 1.64. The summed E-state index contributed by atoms with van der Waals surface area (Å²) in [6, 6.07) is 6.25. The van der Waals surface area contributed by atoms with E-state index in [9.17, 15) is 4.79 Å². The summed E-state index contributed by atoms with van der Waals surface area (Å²) in [5.41, 5.74) is 3.54. The molecule has 1 atom stereocenters. The Hall–Kier alpha value is -0.630. The first-order valence-corrected chi connectivity index (χ1v) is 5.41. The number of halogens is 1. The van der Waals surface area contributed by atoms with Gasteiger partial charge in [0.25, 0.3) is 0 Å². The van der Waals surface area contributed by atoms with E-state index in [1.165, 1.54) is 11.1 Å². The van der Waals surface area contributed by atoms with Crippen molar-refractivity contribution >= 4 is 22.2 Å². The molecule has 1 unspecified atom stereocenters. The molecule has 0 amide bonds. The summed E-state index contributed by atoms with van der Waals surface area (Å²) in [6.07, 6.45) is 0.979. The summed E-state index contributed by atoms with van der Waals surface area (Å²) < 4.78 is 0. The average Bonchev–Trinajstić information content (AvgIpc) is 2.15. The minimum absolute atomic E-state index is 0.00213. The molecule has 1 rings (SSSR count). The van der Waals surface area contributed by atoms with Crippen LogP contribution >= 0.6 is 15.9 Å². The zero-order valence-electron chi connectivity index (χ0n) is 7.88. The molecule has 0 aromatic heterocycles. The Morgan fingerprint density at radius 1 is 1.46 bits per heavy atom. The molecule has 0 fully saturated rings. The van der Waals surface area contributed by atoms with Crippen LogP contribution in [0.5, 0.6) is 0 Å². The lowest BCUT2D eigenvalue weighted by Crippen LogP contribution is -1.96. The van der Waals surface area contributed by atoms with Crippen molar-refractivity contribution in [3.63, 3.8) is 0 Å². The number of alkyl halides is 1. The van der Waals surface area contributed by atoms with Gasteiger partial charge in [-0.3, -0.25) is 0 Å². The molecule has 1 aromatic rings. The van der Waals surface area contributed by atoms with Crippen LogP contribution in [-0.2, 0) is 10.1 Å². The number of carbonyl (C=O) groups excluding carboxylic acids is 1. The van der Waals surface area contributed by atoms with Crippen molar-refractivity contribution in [1.82, 2.24) is 0 Å². The van der Waals surface area contributed by atoms with Crippen LogP contribution in [0.2, 0.25) is 0 Å². The van der Waals surface area contributed by atoms with E-state index in [1.807, 2.05) is 13.8 Å². The first-order valence-electron chi connectivity index (χ1n) is 4.29. The third-order valence-corrected chi connectivity index (χ3v) is 2.69. The van der Waals surface area contributed by atoms with Crippen molar-refractivity contribution in [2.45, 2.75) is 25.1 Å². The Bertz CT molecular complexity index is 307. The van der Waals surface area contributed by atoms with Crippen molar-refractivity contribution < 1.29 is 4.79 Å². The predicted octanol–water partition coefficient (Wildman–Crippen LogP) is 3.19. The first-order chi connectivity index (χ1) is 6.17. The Morgan fingerprint density at radius 3 is 2.69 bits per heavy atom. The lowest BCUT2D eigenvalue weighted by Gasteiger charge is -2.07. The molecule has 0 bridgehead atoms. The van der Waals surface area contributed by atoms with Crippen molar-refractivity contribution in [1.29, 1.82) is 0 Å². The van der Waals surface area contributed by atoms with Gasteiger partial charge in [0, 0.05) is 11.2 Å². The van der Waals surface area contributed by atoms with E-state index < -0.39 is 0 Å². The smallest absolute Gasteiger partial charge is 0.127 e. The van der Waals surface area contributed by atoms with Gasteiger partial charge in [0.1, 0.15) is 6.29 Å². The van der Waals surface area contributed by atoms with Crippen molar-refractivity contribution in [3.8, 4) is 0 Å². The Morgan fingerprint density at radius 2 is 2.15 bits per heavy atom. The fraction of sp³-hybridized carbons (Fsp3) is 0.364. The second kappa shape index (κ2) is 4.56. The van der Waals surface area contributed by atoms with Crippen LogP contribution in [0.15, 0.2) is 18.2 Å². The summed E-state index contributed by atoms with van der Waals surface area (Å²) in [7, 11) is 0. The minimum atomic E-state index is -0.00213. The number of aryl methyl sites for hydroxylation is 1. The number of aldehydes is 1. The third kappa shape index (κ3) is 2.66. The van der Waals surface area contributed by atoms with Crippen LogP contribution < -0.4 is 0 Å². The maximum Gasteiger partial charge on any atom is 0.127 e. The normalized spacial score (nSPS) is 12.5. The number of carbonyl (C=O) groups is 1. The van der Waals surface area contributed by atoms with Crippen molar-refractivity contribution in [2.75, 3.05) is 0 Å². The summed E-state index contributed by atoms with van der Waals surface area (Å²) in [5.74, 6) is -0.00213. The van der Waals surface area contributed by atoms with E-state index in [0.717, 1.165) is 17.2 Å². The summed E-state index contributed by atoms with van der Waals surface area (Å²) in [6.45, 7) is 3.97. The summed E-state index contributed by atoms with van der Waals surface area (Å²) in [4.78, 5) is 10.6. The fourth-order valence-electron chi connectivity index (χ4n) is 1.31. The SMILES string of the molecule is Cc1cc(CBr)cc(C(C)C=O)c1. The molecule has 0 N–H and O–H groups in total. The number of benzene rings is 1. The minimum Gasteiger partial charge on any atom is -0.303 e. The van der Waals surface area contributed by atoms with Gasteiger partial charge in [-0.25, -0.2) is 0 Å². The highest BCUT2D eigenvalue weighted by atomic mass is 79.9. The maximum atomic E-state index is 10.6. The van der Waals surface area contributed by atoms with E-state index in [-0.39, 0.29) is 5.92 Å². The first kappa shape index (κ1) is 10.5. The molecule has 0 aliphatic rings. The molecule has 0 aliphatic heterocycles. The van der Waals surface area contributed by atoms with Gasteiger partial charge in [-0.1, -0.05) is 46.6 Å². The Labute approximate surface area is 87.3 Å². The van der Waals surface area contributed by atoms with E-state index >= 15 is 0 Å². The molecule has 2 heteroatoms. The number of hydrogen-bond donors (Lipinski definition) is 0. The predicted molar refractivity (Wildman–Crippen MR) is 58.3 cm³/mol. The van der Waals surface area contributed by atoms with E-state index in [0.29, 0.717) is 0 Å². The largest absolute Gasteiger partial charge is 0.303 e. The zero-order chi connectivity index (χ0) is 9.84. The van der Waals surface area contributed by atoms with Gasteiger partial charge in [-0.15, -0.1) is 0 Å². The lowest BCUT2D eigenvalue weighted by atomic mass is 9.98. The molecule has 0 aliphatic carbocycles. The van der Waals surface area contributed by atoms with E-state index in [2.05, 4.69) is 34.1 Å². The number of rotatable bonds is 3. The van der Waals surface area contributed by atoms with Gasteiger partial charge in [-0.05, 0) is 18.1 Å². The van der Waals surface area contributed by atoms with Gasteiger partial charge in [-0.2, -0.15) is 0 Å². The van der Waals surface area contributed by atoms with Crippen LogP contribution in [0.25, 0.3) is 0 Å². The molecule has 13 heavy (non-hydrogen) atoms. The van der Waals surface area contributed by atoms with Gasteiger partial charge in [0.05, 0.1) is 0 Å². The lowest BCUT2D eigenvalue weighted by molar-refractivity contribution is -0.108. The highest BCUT2D eigenvalue weighted by Gasteiger charge is 2.05.